The minimum Gasteiger partial charge on any atom is -0.481 e. The van der Waals surface area contributed by atoms with Gasteiger partial charge in [-0.05, 0) is 98.2 Å². The van der Waals surface area contributed by atoms with E-state index in [1.165, 1.54) is 0 Å². The maximum atomic E-state index is 11.5. The van der Waals surface area contributed by atoms with Crippen LogP contribution < -0.4 is 0 Å². The Bertz CT molecular complexity index is 1860. The summed E-state index contributed by atoms with van der Waals surface area (Å²) in [4.78, 5) is 39.9. The number of hydrogen-bond donors (Lipinski definition) is 3. The Hall–Kier alpha value is -4.78. The molecular weight excluding hydrogens is 512 g/mol. The molecular formula is C34H34N4O3. The fourth-order valence-electron chi connectivity index (χ4n) is 5.74. The predicted octanol–water partition coefficient (Wildman–Crippen LogP) is 7.62. The molecule has 7 heteroatoms. The van der Waals surface area contributed by atoms with Gasteiger partial charge in [0.2, 0.25) is 0 Å². The smallest absolute Gasteiger partial charge is 0.303 e. The number of H-pyrrole nitrogens is 2. The summed E-state index contributed by atoms with van der Waals surface area (Å²) < 4.78 is 0. The van der Waals surface area contributed by atoms with E-state index >= 15 is 0 Å². The Balaban J connectivity index is 1.95. The Morgan fingerprint density at radius 1 is 0.805 bits per heavy atom. The number of aromatic amines is 2. The highest BCUT2D eigenvalue weighted by atomic mass is 16.4. The quantitative estimate of drug-likeness (QED) is 0.252. The third-order valence-corrected chi connectivity index (χ3v) is 8.14. The molecule has 2 aliphatic rings. The lowest BCUT2D eigenvalue weighted by atomic mass is 10.0. The van der Waals surface area contributed by atoms with Gasteiger partial charge in [0.15, 0.2) is 0 Å². The topological polar surface area (TPSA) is 112 Å². The molecule has 208 valence electrons. The fourth-order valence-corrected chi connectivity index (χ4v) is 5.74. The van der Waals surface area contributed by atoms with Gasteiger partial charge in [-0.2, -0.15) is 0 Å². The van der Waals surface area contributed by atoms with Gasteiger partial charge in [-0.1, -0.05) is 25.3 Å². The van der Waals surface area contributed by atoms with Gasteiger partial charge in [-0.25, -0.2) is 9.97 Å². The van der Waals surface area contributed by atoms with Crippen LogP contribution in [0, 0.1) is 13.8 Å². The van der Waals surface area contributed by atoms with Crippen molar-refractivity contribution in [1.29, 1.82) is 0 Å². The highest BCUT2D eigenvalue weighted by Gasteiger charge is 2.20. The number of fused-ring (bicyclic) bond motifs is 8. The summed E-state index contributed by atoms with van der Waals surface area (Å²) >= 11 is 0. The number of carbonyl (C=O) groups excluding carboxylic acids is 1. The van der Waals surface area contributed by atoms with Crippen LogP contribution >= 0.6 is 0 Å². The molecule has 3 aromatic heterocycles. The zero-order valence-electron chi connectivity index (χ0n) is 23.9. The number of rotatable bonds is 8. The van der Waals surface area contributed by atoms with E-state index in [9.17, 15) is 14.7 Å². The summed E-state index contributed by atoms with van der Waals surface area (Å²) in [5.41, 5.74) is 14.6. The summed E-state index contributed by atoms with van der Waals surface area (Å²) in [7, 11) is 0. The predicted molar refractivity (Wildman–Crippen MR) is 167 cm³/mol. The number of carbonyl (C=O) groups is 2. The normalized spacial score (nSPS) is 13.1. The largest absolute Gasteiger partial charge is 0.481 e. The summed E-state index contributed by atoms with van der Waals surface area (Å²) in [6.45, 7) is 16.2. The fraction of sp³-hybridized carbons (Fsp3) is 0.235. The summed E-state index contributed by atoms with van der Waals surface area (Å²) in [5, 5.41) is 9.45. The number of nitrogens with one attached hydrogen (secondary N) is 2. The van der Waals surface area contributed by atoms with Crippen molar-refractivity contribution >= 4 is 62.7 Å². The van der Waals surface area contributed by atoms with Crippen LogP contribution in [-0.2, 0) is 16.0 Å². The first-order valence-electron chi connectivity index (χ1n) is 13.7. The standard InChI is InChI=1S/C34H34N4O3/c1-7-22-18(3)26-14-27-20(5)24(10-9-13-39)32(37-27)17-33-25(11-12-34(40)41)21(6)29(38-33)16-31-23(8-2)19(4)28(36-31)15-30(22)35-26/h7-8,13-17,35,38H,1-2,9-12H2,3-6H3,(H,40,41). The van der Waals surface area contributed by atoms with Crippen LogP contribution in [0.4, 0.5) is 0 Å². The summed E-state index contributed by atoms with van der Waals surface area (Å²) in [5.74, 6) is -0.854. The van der Waals surface area contributed by atoms with Crippen LogP contribution in [0.5, 0.6) is 0 Å². The summed E-state index contributed by atoms with van der Waals surface area (Å²) in [6.07, 6.45) is 5.92. The van der Waals surface area contributed by atoms with Gasteiger partial charge in [0.25, 0.3) is 0 Å². The van der Waals surface area contributed by atoms with Crippen LogP contribution in [0.15, 0.2) is 43.5 Å². The van der Waals surface area contributed by atoms with Crippen molar-refractivity contribution in [2.45, 2.75) is 53.4 Å². The van der Waals surface area contributed by atoms with Gasteiger partial charge in [0, 0.05) is 46.0 Å². The second-order valence-electron chi connectivity index (χ2n) is 10.5. The molecule has 2 aliphatic heterocycles. The van der Waals surface area contributed by atoms with E-state index in [4.69, 9.17) is 9.97 Å². The van der Waals surface area contributed by atoms with Crippen LogP contribution in [0.1, 0.15) is 78.1 Å². The molecule has 0 atom stereocenters. The van der Waals surface area contributed by atoms with Crippen molar-refractivity contribution in [1.82, 2.24) is 19.9 Å². The van der Waals surface area contributed by atoms with Crippen molar-refractivity contribution in [2.24, 2.45) is 0 Å². The number of nitrogens with zero attached hydrogens (tertiary/aromatic N) is 2. The third kappa shape index (κ3) is 4.99. The Morgan fingerprint density at radius 3 is 2.10 bits per heavy atom. The zero-order chi connectivity index (χ0) is 29.4. The first kappa shape index (κ1) is 27.8. The number of carboxylic acids is 1. The van der Waals surface area contributed by atoms with Gasteiger partial charge in [-0.15, -0.1) is 0 Å². The Labute approximate surface area is 239 Å². The number of allylic oxidation sites excluding steroid dienone is 5. The summed E-state index contributed by atoms with van der Waals surface area (Å²) in [6, 6.07) is 8.06. The minimum atomic E-state index is -0.854. The van der Waals surface area contributed by atoms with Crippen molar-refractivity contribution in [3.8, 4) is 0 Å². The number of aliphatic carboxylic acids is 1. The first-order chi connectivity index (χ1) is 19.7. The molecule has 0 saturated carbocycles. The molecule has 0 unspecified atom stereocenters. The molecule has 5 rings (SSSR count). The highest BCUT2D eigenvalue weighted by molar-refractivity contribution is 5.98. The van der Waals surface area contributed by atoms with Crippen molar-refractivity contribution in [3.05, 3.63) is 88.5 Å². The SMILES string of the molecule is C=CC1=C(C)c2cc3[nH]c(cc4nc(cc5[nH]c(cc1n2)c(C)c5CCC(=O)O)C(CCC=O)=C4C)c(C)c3C=C. The van der Waals surface area contributed by atoms with E-state index in [0.717, 1.165) is 95.7 Å². The van der Waals surface area contributed by atoms with E-state index < -0.39 is 5.97 Å². The van der Waals surface area contributed by atoms with Gasteiger partial charge in [0.05, 0.1) is 22.8 Å². The minimum absolute atomic E-state index is 0.00800. The number of aryl methyl sites for hydroxylation is 3. The number of aldehydes is 1. The average molecular weight is 547 g/mol. The molecule has 3 aromatic rings. The lowest BCUT2D eigenvalue weighted by Gasteiger charge is -2.02. The molecule has 7 nitrogen and oxygen atoms in total. The van der Waals surface area contributed by atoms with Crippen LogP contribution in [0.25, 0.3) is 50.4 Å². The number of hydrogen-bond acceptors (Lipinski definition) is 4. The van der Waals surface area contributed by atoms with Gasteiger partial charge < -0.3 is 19.9 Å². The molecule has 3 N–H and O–H groups in total. The van der Waals surface area contributed by atoms with E-state index in [0.29, 0.717) is 19.3 Å². The van der Waals surface area contributed by atoms with Gasteiger partial charge in [-0.3, -0.25) is 4.79 Å². The molecule has 0 aliphatic carbocycles. The molecule has 0 aromatic carbocycles. The van der Waals surface area contributed by atoms with Crippen molar-refractivity contribution in [3.63, 3.8) is 0 Å². The lowest BCUT2D eigenvalue weighted by molar-refractivity contribution is -0.136. The highest BCUT2D eigenvalue weighted by Crippen LogP contribution is 2.36. The molecule has 0 radical (unpaired) electrons. The molecule has 5 heterocycles. The lowest BCUT2D eigenvalue weighted by Crippen LogP contribution is -1.98. The van der Waals surface area contributed by atoms with Crippen molar-refractivity contribution in [2.75, 3.05) is 0 Å². The van der Waals surface area contributed by atoms with Gasteiger partial charge in [0.1, 0.15) is 6.29 Å². The number of carboxylic acid groups (broad SMARTS) is 1. The Kier molecular flexibility index (Phi) is 7.45. The van der Waals surface area contributed by atoms with E-state index in [2.05, 4.69) is 30.0 Å². The van der Waals surface area contributed by atoms with E-state index in [1.807, 2.05) is 57.2 Å². The third-order valence-electron chi connectivity index (χ3n) is 8.14. The van der Waals surface area contributed by atoms with Crippen molar-refractivity contribution < 1.29 is 14.7 Å². The van der Waals surface area contributed by atoms with Crippen LogP contribution in [0.2, 0.25) is 0 Å². The molecule has 0 saturated heterocycles. The number of aromatic nitrogens is 4. The average Bonchev–Trinajstić information content (AvgIpc) is 3.59. The second kappa shape index (κ2) is 11.0. The van der Waals surface area contributed by atoms with Crippen LogP contribution in [-0.4, -0.2) is 37.3 Å². The molecule has 41 heavy (non-hydrogen) atoms. The molecule has 8 bridgehead atoms. The van der Waals surface area contributed by atoms with Crippen LogP contribution in [0.3, 0.4) is 0 Å². The maximum absolute atomic E-state index is 11.5. The monoisotopic (exact) mass is 546 g/mol. The van der Waals surface area contributed by atoms with Gasteiger partial charge >= 0.3 is 5.97 Å². The molecule has 0 amide bonds. The molecule has 0 spiro atoms. The zero-order valence-corrected chi connectivity index (χ0v) is 23.9. The van der Waals surface area contributed by atoms with E-state index in [1.54, 1.807) is 0 Å². The first-order valence-corrected chi connectivity index (χ1v) is 13.7. The second-order valence-corrected chi connectivity index (χ2v) is 10.5. The molecule has 0 fully saturated rings. The van der Waals surface area contributed by atoms with E-state index in [-0.39, 0.29) is 6.42 Å². The Morgan fingerprint density at radius 2 is 1.41 bits per heavy atom. The maximum Gasteiger partial charge on any atom is 0.303 e.